The topological polar surface area (TPSA) is 134 Å². The van der Waals surface area contributed by atoms with Gasteiger partial charge in [-0.15, -0.1) is 0 Å². The van der Waals surface area contributed by atoms with Crippen LogP contribution in [0, 0.1) is 0 Å². The number of rotatable bonds is 16. The molecule has 1 aromatic carbocycles. The zero-order valence-electron chi connectivity index (χ0n) is 21.8. The van der Waals surface area contributed by atoms with Crippen LogP contribution in [0.3, 0.4) is 0 Å². The van der Waals surface area contributed by atoms with E-state index in [0.717, 1.165) is 42.7 Å². The summed E-state index contributed by atoms with van der Waals surface area (Å²) >= 11 is 0. The van der Waals surface area contributed by atoms with Crippen LogP contribution in [0.25, 0.3) is 0 Å². The Morgan fingerprint density at radius 1 is 1.19 bits per heavy atom. The molecule has 3 amide bonds. The molecular weight excluding hydrogens is 460 g/mol. The predicted octanol–water partition coefficient (Wildman–Crippen LogP) is 2.89. The highest BCUT2D eigenvalue weighted by Gasteiger charge is 2.61. The number of amides is 3. The van der Waals surface area contributed by atoms with E-state index in [2.05, 4.69) is 17.6 Å². The number of carbonyl (C=O) groups excluding carboxylic acids is 3. The molecular formula is C27H42N4O5. The van der Waals surface area contributed by atoms with Crippen molar-refractivity contribution < 1.29 is 24.3 Å². The fourth-order valence-corrected chi connectivity index (χ4v) is 4.26. The molecule has 9 heteroatoms. The molecule has 1 fully saturated rings. The average Bonchev–Trinajstić information content (AvgIpc) is 3.60. The van der Waals surface area contributed by atoms with Crippen LogP contribution in [0.1, 0.15) is 76.2 Å². The van der Waals surface area contributed by atoms with Crippen LogP contribution in [-0.4, -0.2) is 60.2 Å². The summed E-state index contributed by atoms with van der Waals surface area (Å²) in [6.07, 6.45) is 10.2. The molecule has 0 radical (unpaired) electrons. The van der Waals surface area contributed by atoms with Gasteiger partial charge in [0, 0.05) is 31.5 Å². The van der Waals surface area contributed by atoms with Crippen LogP contribution in [-0.2, 0) is 19.2 Å². The van der Waals surface area contributed by atoms with Gasteiger partial charge in [0.1, 0.15) is 11.3 Å². The summed E-state index contributed by atoms with van der Waals surface area (Å²) in [7, 11) is 2.89. The van der Waals surface area contributed by atoms with Crippen molar-refractivity contribution in [3.63, 3.8) is 0 Å². The number of likely N-dealkylation sites (N-methyl/N-ethyl adjacent to an activating group) is 1. The van der Waals surface area contributed by atoms with Crippen molar-refractivity contribution in [3.8, 4) is 5.75 Å². The second-order valence-electron chi connectivity index (χ2n) is 9.42. The zero-order valence-corrected chi connectivity index (χ0v) is 21.8. The van der Waals surface area contributed by atoms with Crippen LogP contribution >= 0.6 is 0 Å². The minimum atomic E-state index is -1.07. The standard InChI is InChI=1S/C27H42N4O5/c1-4-5-6-7-8-11-24(33)30-27(19-23(27)20-12-15-22(32)16-13-20)26(35)29-21(10-9-18-28)14-17-25(34)31(2)36-3/h12-17,21,23,32H,4-11,18-19,28H2,1-3H3,(H,29,35)(H,30,33)/b17-14+/t21-,23?,27?/m0/s1. The van der Waals surface area contributed by atoms with Gasteiger partial charge < -0.3 is 21.5 Å². The first-order chi connectivity index (χ1) is 17.3. The molecule has 5 N–H and O–H groups in total. The lowest BCUT2D eigenvalue weighted by atomic mass is 10.0. The number of nitrogens with zero attached hydrogens (tertiary/aromatic N) is 1. The van der Waals surface area contributed by atoms with Crippen molar-refractivity contribution in [3.05, 3.63) is 42.0 Å². The number of hydroxylamine groups is 2. The third-order valence-electron chi connectivity index (χ3n) is 6.62. The van der Waals surface area contributed by atoms with E-state index in [1.807, 2.05) is 0 Å². The third-order valence-corrected chi connectivity index (χ3v) is 6.62. The highest BCUT2D eigenvalue weighted by atomic mass is 16.7. The maximum absolute atomic E-state index is 13.6. The van der Waals surface area contributed by atoms with Gasteiger partial charge in [-0.05, 0) is 49.9 Å². The lowest BCUT2D eigenvalue weighted by Gasteiger charge is -2.23. The third kappa shape index (κ3) is 8.64. The Labute approximate surface area is 214 Å². The van der Waals surface area contributed by atoms with Crippen molar-refractivity contribution in [2.24, 2.45) is 5.73 Å². The fourth-order valence-electron chi connectivity index (χ4n) is 4.26. The molecule has 1 saturated carbocycles. The summed E-state index contributed by atoms with van der Waals surface area (Å²) in [4.78, 5) is 43.4. The second-order valence-corrected chi connectivity index (χ2v) is 9.42. The molecule has 0 aliphatic heterocycles. The van der Waals surface area contributed by atoms with Crippen molar-refractivity contribution in [1.29, 1.82) is 0 Å². The Bertz CT molecular complexity index is 889. The molecule has 36 heavy (non-hydrogen) atoms. The monoisotopic (exact) mass is 502 g/mol. The molecule has 1 aliphatic rings. The number of unbranched alkanes of at least 4 members (excludes halogenated alkanes) is 4. The van der Waals surface area contributed by atoms with E-state index in [-0.39, 0.29) is 29.4 Å². The van der Waals surface area contributed by atoms with Gasteiger partial charge in [-0.1, -0.05) is 50.8 Å². The number of benzene rings is 1. The first-order valence-corrected chi connectivity index (χ1v) is 12.9. The van der Waals surface area contributed by atoms with Gasteiger partial charge >= 0.3 is 0 Å². The molecule has 0 aromatic heterocycles. The Morgan fingerprint density at radius 3 is 2.53 bits per heavy atom. The molecule has 200 valence electrons. The summed E-state index contributed by atoms with van der Waals surface area (Å²) in [5.41, 5.74) is 5.48. The first kappa shape index (κ1) is 29.3. The summed E-state index contributed by atoms with van der Waals surface area (Å²) in [5, 5.41) is 16.8. The number of nitrogens with two attached hydrogens (primary N) is 1. The number of nitrogens with one attached hydrogen (secondary N) is 2. The molecule has 0 spiro atoms. The smallest absolute Gasteiger partial charge is 0.269 e. The largest absolute Gasteiger partial charge is 0.508 e. The van der Waals surface area contributed by atoms with E-state index in [9.17, 15) is 19.5 Å². The first-order valence-electron chi connectivity index (χ1n) is 12.9. The summed E-state index contributed by atoms with van der Waals surface area (Å²) in [5.74, 6) is -0.859. The number of aromatic hydroxyl groups is 1. The van der Waals surface area contributed by atoms with Crippen LogP contribution in [0.5, 0.6) is 5.75 Å². The minimum absolute atomic E-state index is 0.142. The molecule has 1 aliphatic carbocycles. The average molecular weight is 503 g/mol. The van der Waals surface area contributed by atoms with Gasteiger partial charge in [-0.25, -0.2) is 5.06 Å². The van der Waals surface area contributed by atoms with Crippen molar-refractivity contribution in [2.75, 3.05) is 20.7 Å². The van der Waals surface area contributed by atoms with Gasteiger partial charge in [-0.2, -0.15) is 0 Å². The summed E-state index contributed by atoms with van der Waals surface area (Å²) in [6.45, 7) is 2.59. The normalized spacial score (nSPS) is 19.6. The molecule has 1 aromatic rings. The lowest BCUT2D eigenvalue weighted by Crippen LogP contribution is -2.52. The van der Waals surface area contributed by atoms with Gasteiger partial charge in [0.05, 0.1) is 7.11 Å². The number of phenols is 1. The molecule has 0 heterocycles. The van der Waals surface area contributed by atoms with Gasteiger partial charge in [0.2, 0.25) is 11.8 Å². The maximum atomic E-state index is 13.6. The highest BCUT2D eigenvalue weighted by molar-refractivity contribution is 5.96. The Hall–Kier alpha value is -2.91. The van der Waals surface area contributed by atoms with E-state index in [0.29, 0.717) is 32.2 Å². The minimum Gasteiger partial charge on any atom is -0.508 e. The summed E-state index contributed by atoms with van der Waals surface area (Å²) in [6, 6.07) is 6.28. The number of hydrogen-bond acceptors (Lipinski definition) is 6. The van der Waals surface area contributed by atoms with Crippen LogP contribution in [0.4, 0.5) is 0 Å². The molecule has 9 nitrogen and oxygen atoms in total. The van der Waals surface area contributed by atoms with Crippen LogP contribution < -0.4 is 16.4 Å². The van der Waals surface area contributed by atoms with E-state index in [1.165, 1.54) is 20.2 Å². The predicted molar refractivity (Wildman–Crippen MR) is 139 cm³/mol. The Kier molecular flexibility index (Phi) is 11.9. The Balaban J connectivity index is 2.15. The number of carbonyl (C=O) groups is 3. The number of hydrogen-bond donors (Lipinski definition) is 4. The van der Waals surface area contributed by atoms with Crippen LogP contribution in [0.2, 0.25) is 0 Å². The lowest BCUT2D eigenvalue weighted by molar-refractivity contribution is -0.162. The maximum Gasteiger partial charge on any atom is 0.269 e. The molecule has 2 unspecified atom stereocenters. The van der Waals surface area contributed by atoms with E-state index in [1.54, 1.807) is 30.3 Å². The van der Waals surface area contributed by atoms with Crippen molar-refractivity contribution >= 4 is 17.7 Å². The molecule has 3 atom stereocenters. The van der Waals surface area contributed by atoms with E-state index in [4.69, 9.17) is 10.6 Å². The number of phenolic OH excluding ortho intramolecular Hbond substituents is 1. The highest BCUT2D eigenvalue weighted by Crippen LogP contribution is 2.52. The van der Waals surface area contributed by atoms with Gasteiger partial charge in [0.25, 0.3) is 5.91 Å². The van der Waals surface area contributed by atoms with Gasteiger partial charge in [0.15, 0.2) is 0 Å². The van der Waals surface area contributed by atoms with Crippen molar-refractivity contribution in [2.45, 2.75) is 82.2 Å². The molecule has 0 bridgehead atoms. The quantitative estimate of drug-likeness (QED) is 0.156. The zero-order chi connectivity index (χ0) is 26.6. The van der Waals surface area contributed by atoms with Crippen LogP contribution in [0.15, 0.2) is 36.4 Å². The Morgan fingerprint density at radius 2 is 1.89 bits per heavy atom. The van der Waals surface area contributed by atoms with E-state index < -0.39 is 11.6 Å². The van der Waals surface area contributed by atoms with Gasteiger partial charge in [-0.3, -0.25) is 19.2 Å². The van der Waals surface area contributed by atoms with Crippen molar-refractivity contribution in [1.82, 2.24) is 15.7 Å². The van der Waals surface area contributed by atoms with E-state index >= 15 is 0 Å². The molecule has 2 rings (SSSR count). The fraction of sp³-hybridized carbons (Fsp3) is 0.593. The summed E-state index contributed by atoms with van der Waals surface area (Å²) < 4.78 is 0. The molecule has 0 saturated heterocycles. The second kappa shape index (κ2) is 14.6. The SMILES string of the molecule is CCCCCCCC(=O)NC1(C(=O)N[C@H](/C=C/C(=O)N(C)OC)CCCN)CC1c1ccc(O)cc1.